The summed E-state index contributed by atoms with van der Waals surface area (Å²) >= 11 is 0. The predicted molar refractivity (Wildman–Crippen MR) is 117 cm³/mol. The van der Waals surface area contributed by atoms with Crippen LogP contribution in [0.4, 0.5) is 0 Å². The largest absolute Gasteiger partial charge is 0.394 e. The Morgan fingerprint density at radius 2 is 1.82 bits per heavy atom. The van der Waals surface area contributed by atoms with E-state index in [2.05, 4.69) is 5.32 Å². The molecular weight excluding hydrogens is 436 g/mol. The van der Waals surface area contributed by atoms with E-state index in [1.165, 1.54) is 0 Å². The molecule has 3 rings (SSSR count). The second kappa shape index (κ2) is 12.7. The van der Waals surface area contributed by atoms with Crippen LogP contribution in [0.25, 0.3) is 0 Å². The number of aliphatic hydroxyl groups excluding tert-OH is 3. The zero-order chi connectivity index (χ0) is 24.0. The molecule has 12 heteroatoms. The van der Waals surface area contributed by atoms with Gasteiger partial charge in [-0.15, -0.1) is 0 Å². The van der Waals surface area contributed by atoms with Crippen LogP contribution < -0.4 is 22.5 Å². The number of rotatable bonds is 10. The first-order chi connectivity index (χ1) is 15.8. The van der Waals surface area contributed by atoms with Crippen molar-refractivity contribution in [2.45, 2.75) is 106 Å². The molecule has 0 spiro atoms. The third kappa shape index (κ3) is 7.52. The van der Waals surface area contributed by atoms with Gasteiger partial charge >= 0.3 is 0 Å². The van der Waals surface area contributed by atoms with Crippen molar-refractivity contribution in [2.75, 3.05) is 19.7 Å². The summed E-state index contributed by atoms with van der Waals surface area (Å²) in [5.74, 6) is -0.309. The molecule has 12 nitrogen and oxygen atoms in total. The van der Waals surface area contributed by atoms with Crippen LogP contribution in [-0.2, 0) is 23.7 Å². The summed E-state index contributed by atoms with van der Waals surface area (Å²) in [6.45, 7) is 0.105. The molecule has 2 saturated heterocycles. The van der Waals surface area contributed by atoms with Crippen molar-refractivity contribution < 1.29 is 39.1 Å². The van der Waals surface area contributed by atoms with Gasteiger partial charge in [-0.25, -0.2) is 0 Å². The highest BCUT2D eigenvalue weighted by atomic mass is 16.7. The number of amides is 1. The number of carbonyl (C=O) groups excluding carboxylic acids is 1. The minimum Gasteiger partial charge on any atom is -0.394 e. The molecule has 0 aromatic heterocycles. The van der Waals surface area contributed by atoms with Gasteiger partial charge in [0.2, 0.25) is 5.91 Å². The summed E-state index contributed by atoms with van der Waals surface area (Å²) in [4.78, 5) is 12.3. The number of nitrogens with two attached hydrogens (primary N) is 3. The topological polar surface area (TPSA) is 205 Å². The fourth-order valence-electron chi connectivity index (χ4n) is 4.71. The average molecular weight is 477 g/mol. The van der Waals surface area contributed by atoms with Crippen molar-refractivity contribution in [1.29, 1.82) is 0 Å². The molecule has 1 saturated carbocycles. The summed E-state index contributed by atoms with van der Waals surface area (Å²) in [6.07, 6.45) is -1.30. The van der Waals surface area contributed by atoms with Crippen molar-refractivity contribution in [2.24, 2.45) is 17.2 Å². The molecule has 0 radical (unpaired) electrons. The molecule has 1 amide bonds. The minimum absolute atomic E-state index is 0.00414. The Labute approximate surface area is 194 Å². The van der Waals surface area contributed by atoms with Crippen molar-refractivity contribution >= 4 is 5.91 Å². The number of carbonyl (C=O) groups is 1. The van der Waals surface area contributed by atoms with Gasteiger partial charge in [-0.1, -0.05) is 0 Å². The lowest BCUT2D eigenvalue weighted by Crippen LogP contribution is -2.59. The van der Waals surface area contributed by atoms with E-state index in [1.807, 2.05) is 0 Å². The monoisotopic (exact) mass is 476 g/mol. The minimum atomic E-state index is -0.901. The molecule has 1 aliphatic carbocycles. The maximum Gasteiger partial charge on any atom is 0.222 e. The van der Waals surface area contributed by atoms with E-state index in [0.29, 0.717) is 38.5 Å². The summed E-state index contributed by atoms with van der Waals surface area (Å²) in [5, 5.41) is 31.9. The summed E-state index contributed by atoms with van der Waals surface area (Å²) < 4.78 is 24.0. The van der Waals surface area contributed by atoms with Gasteiger partial charge < -0.3 is 56.8 Å². The normalized spacial score (nSPS) is 40.5. The molecule has 2 heterocycles. The van der Waals surface area contributed by atoms with Gasteiger partial charge in [-0.3, -0.25) is 4.79 Å². The van der Waals surface area contributed by atoms with Crippen molar-refractivity contribution in [3.8, 4) is 0 Å². The molecule has 0 bridgehead atoms. The highest BCUT2D eigenvalue weighted by Gasteiger charge is 2.43. The summed E-state index contributed by atoms with van der Waals surface area (Å²) in [7, 11) is 0. The van der Waals surface area contributed by atoms with Gasteiger partial charge in [0.15, 0.2) is 12.6 Å². The van der Waals surface area contributed by atoms with E-state index < -0.39 is 49.1 Å². The lowest BCUT2D eigenvalue weighted by molar-refractivity contribution is -0.273. The number of nitrogens with one attached hydrogen (secondary N) is 1. The Kier molecular flexibility index (Phi) is 10.2. The van der Waals surface area contributed by atoms with E-state index in [9.17, 15) is 20.1 Å². The van der Waals surface area contributed by atoms with Gasteiger partial charge in [-0.05, 0) is 25.7 Å². The summed E-state index contributed by atoms with van der Waals surface area (Å²) in [6, 6.07) is -0.737. The number of aliphatic hydroxyl groups is 3. The van der Waals surface area contributed by atoms with Crippen LogP contribution in [0.1, 0.15) is 44.9 Å². The molecule has 10 N–H and O–H groups in total. The smallest absolute Gasteiger partial charge is 0.222 e. The molecule has 0 aromatic carbocycles. The molecule has 3 fully saturated rings. The lowest BCUT2D eigenvalue weighted by Gasteiger charge is -2.43. The van der Waals surface area contributed by atoms with Crippen LogP contribution >= 0.6 is 0 Å². The predicted octanol–water partition coefficient (Wildman–Crippen LogP) is -2.61. The fraction of sp³-hybridized carbons (Fsp3) is 0.952. The molecule has 10 atom stereocenters. The Morgan fingerprint density at radius 1 is 1.09 bits per heavy atom. The lowest BCUT2D eigenvalue weighted by atomic mass is 9.86. The highest BCUT2D eigenvalue weighted by molar-refractivity contribution is 5.76. The Hall–Kier alpha value is -0.930. The third-order valence-electron chi connectivity index (χ3n) is 6.51. The van der Waals surface area contributed by atoms with E-state index >= 15 is 0 Å². The Morgan fingerprint density at radius 3 is 2.48 bits per heavy atom. The fourth-order valence-corrected chi connectivity index (χ4v) is 4.71. The molecule has 8 unspecified atom stereocenters. The quantitative estimate of drug-likeness (QED) is 0.174. The number of hydrogen-bond acceptors (Lipinski definition) is 11. The second-order valence-electron chi connectivity index (χ2n) is 9.20. The van der Waals surface area contributed by atoms with Crippen LogP contribution in [0.2, 0.25) is 0 Å². The standard InChI is InChI=1S/C21H40N4O8/c22-8-12(27)7-18(29)25-11-5-14(24)21(33-20-4-2-15(28)17(9-23)32-20)16(6-11)31-19-3-1-13(10-26)30-19/h11-17,19-21,26-28H,1-10,22-24H2,(H,25,29)/t11?,12?,13?,14?,15?,16?,17?,19?,20-,21-/m1/s1. The molecule has 0 aromatic rings. The number of ether oxygens (including phenoxy) is 4. The van der Waals surface area contributed by atoms with Crippen LogP contribution in [0, 0.1) is 0 Å². The molecular formula is C21H40N4O8. The molecule has 2 aliphatic heterocycles. The van der Waals surface area contributed by atoms with Gasteiger partial charge in [-0.2, -0.15) is 0 Å². The van der Waals surface area contributed by atoms with E-state index in [4.69, 9.17) is 36.1 Å². The zero-order valence-electron chi connectivity index (χ0n) is 19.0. The van der Waals surface area contributed by atoms with Gasteiger partial charge in [0.1, 0.15) is 6.10 Å². The molecule has 3 aliphatic rings. The Bertz CT molecular complexity index is 617. The second-order valence-corrected chi connectivity index (χ2v) is 9.20. The molecule has 33 heavy (non-hydrogen) atoms. The van der Waals surface area contributed by atoms with Crippen molar-refractivity contribution in [1.82, 2.24) is 5.32 Å². The Balaban J connectivity index is 1.64. The first kappa shape index (κ1) is 26.7. The van der Waals surface area contributed by atoms with Crippen molar-refractivity contribution in [3.05, 3.63) is 0 Å². The first-order valence-electron chi connectivity index (χ1n) is 11.9. The van der Waals surface area contributed by atoms with Gasteiger partial charge in [0.05, 0.1) is 43.5 Å². The average Bonchev–Trinajstić information content (AvgIpc) is 3.24. The number of hydrogen-bond donors (Lipinski definition) is 7. The van der Waals surface area contributed by atoms with E-state index in [1.54, 1.807) is 0 Å². The van der Waals surface area contributed by atoms with Crippen LogP contribution in [0.3, 0.4) is 0 Å². The third-order valence-corrected chi connectivity index (χ3v) is 6.51. The van der Waals surface area contributed by atoms with E-state index in [0.717, 1.165) is 0 Å². The van der Waals surface area contributed by atoms with Crippen LogP contribution in [0.5, 0.6) is 0 Å². The SMILES string of the molecule is NCC(O)CC(=O)NC1CC(N)[C@@H](O[C@@H]2CCC(O)C(CN)O2)C(OC2CCC(CO)O2)C1. The van der Waals surface area contributed by atoms with Crippen LogP contribution in [-0.4, -0.2) is 102 Å². The van der Waals surface area contributed by atoms with Crippen molar-refractivity contribution in [3.63, 3.8) is 0 Å². The summed E-state index contributed by atoms with van der Waals surface area (Å²) in [5.41, 5.74) is 17.6. The maximum absolute atomic E-state index is 12.3. The van der Waals surface area contributed by atoms with Gasteiger partial charge in [0.25, 0.3) is 0 Å². The highest BCUT2D eigenvalue weighted by Crippen LogP contribution is 2.31. The molecule has 192 valence electrons. The first-order valence-corrected chi connectivity index (χ1v) is 11.9. The van der Waals surface area contributed by atoms with Gasteiger partial charge in [0, 0.05) is 38.0 Å². The zero-order valence-corrected chi connectivity index (χ0v) is 19.0. The van der Waals surface area contributed by atoms with E-state index in [-0.39, 0.29) is 44.2 Å². The maximum atomic E-state index is 12.3. The van der Waals surface area contributed by atoms with Crippen LogP contribution in [0.15, 0.2) is 0 Å².